The van der Waals surface area contributed by atoms with Crippen molar-refractivity contribution in [2.24, 2.45) is 0 Å². The monoisotopic (exact) mass is 464 g/mol. The van der Waals surface area contributed by atoms with Crippen LogP contribution in [-0.4, -0.2) is 22.2 Å². The van der Waals surface area contributed by atoms with Gasteiger partial charge in [-0.05, 0) is 37.8 Å². The summed E-state index contributed by atoms with van der Waals surface area (Å²) < 4.78 is 4.41. The number of rotatable bonds is 18. The third-order valence-corrected chi connectivity index (χ3v) is 5.05. The summed E-state index contributed by atoms with van der Waals surface area (Å²) >= 11 is 0. The van der Waals surface area contributed by atoms with E-state index in [-0.39, 0.29) is 11.5 Å². The predicted octanol–water partition coefficient (Wildman–Crippen LogP) is 9.30. The summed E-state index contributed by atoms with van der Waals surface area (Å²) in [7, 11) is 0. The van der Waals surface area contributed by atoms with Gasteiger partial charge in [-0.25, -0.2) is 9.59 Å². The van der Waals surface area contributed by atoms with Gasteiger partial charge in [-0.1, -0.05) is 103 Å². The zero-order valence-electron chi connectivity index (χ0n) is 21.2. The zero-order valence-corrected chi connectivity index (χ0v) is 21.2. The molecule has 0 saturated carbocycles. The molecule has 0 aliphatic carbocycles. The van der Waals surface area contributed by atoms with Crippen LogP contribution in [-0.2, 0) is 0 Å². The summed E-state index contributed by atoms with van der Waals surface area (Å²) in [6.45, 7) is 11.9. The molecule has 2 N–H and O–H groups in total. The van der Waals surface area contributed by atoms with Crippen LogP contribution in [0, 0.1) is 0 Å². The van der Waals surface area contributed by atoms with Gasteiger partial charge in [0.05, 0.1) is 0 Å². The average molecular weight is 465 g/mol. The Morgan fingerprint density at radius 2 is 0.970 bits per heavy atom. The first-order valence-electron chi connectivity index (χ1n) is 12.7. The van der Waals surface area contributed by atoms with E-state index in [0.29, 0.717) is 0 Å². The summed E-state index contributed by atoms with van der Waals surface area (Å²) in [4.78, 5) is 20.3. The van der Waals surface area contributed by atoms with E-state index in [4.69, 9.17) is 10.2 Å². The fourth-order valence-corrected chi connectivity index (χ4v) is 3.06. The van der Waals surface area contributed by atoms with Crippen LogP contribution in [0.4, 0.5) is 0 Å². The molecule has 0 fully saturated rings. The molecule has 0 atom stereocenters. The minimum Gasteiger partial charge on any atom is -0.475 e. The fourth-order valence-electron chi connectivity index (χ4n) is 3.06. The minimum atomic E-state index is -1.28. The van der Waals surface area contributed by atoms with Crippen molar-refractivity contribution in [3.8, 4) is 0 Å². The van der Waals surface area contributed by atoms with Crippen LogP contribution < -0.4 is 0 Å². The molecular weight excluding hydrogens is 416 g/mol. The molecule has 0 aliphatic rings. The highest BCUT2D eigenvalue weighted by molar-refractivity contribution is 5.88. The predicted molar refractivity (Wildman–Crippen MR) is 138 cm³/mol. The summed E-state index contributed by atoms with van der Waals surface area (Å²) in [6.07, 6.45) is 26.1. The van der Waals surface area contributed by atoms with Crippen molar-refractivity contribution in [3.63, 3.8) is 0 Å². The highest BCUT2D eigenvalue weighted by atomic mass is 16.4. The van der Waals surface area contributed by atoms with Gasteiger partial charge in [0.15, 0.2) is 0 Å². The van der Waals surface area contributed by atoms with Gasteiger partial charge in [-0.3, -0.25) is 0 Å². The van der Waals surface area contributed by atoms with Gasteiger partial charge in [0, 0.05) is 0 Å². The number of carboxylic acids is 2. The first kappa shape index (κ1) is 32.9. The molecule has 0 aromatic carbocycles. The molecule has 1 rings (SSSR count). The maximum Gasteiger partial charge on any atom is 0.371 e. The van der Waals surface area contributed by atoms with Crippen molar-refractivity contribution >= 4 is 11.9 Å². The second-order valence-corrected chi connectivity index (χ2v) is 8.17. The Morgan fingerprint density at radius 1 is 0.667 bits per heavy atom. The number of furan rings is 1. The van der Waals surface area contributed by atoms with Crippen molar-refractivity contribution in [1.82, 2.24) is 0 Å². The van der Waals surface area contributed by atoms with Crippen molar-refractivity contribution < 1.29 is 24.2 Å². The topological polar surface area (TPSA) is 87.7 Å². The first-order valence-corrected chi connectivity index (χ1v) is 12.7. The van der Waals surface area contributed by atoms with Crippen LogP contribution in [0.3, 0.4) is 0 Å². The number of allylic oxidation sites excluding steroid dienone is 2. The molecule has 190 valence electrons. The van der Waals surface area contributed by atoms with E-state index in [1.807, 2.05) is 12.2 Å². The van der Waals surface area contributed by atoms with E-state index >= 15 is 0 Å². The number of hydrogen-bond donors (Lipinski definition) is 2. The van der Waals surface area contributed by atoms with Gasteiger partial charge < -0.3 is 14.6 Å². The number of aromatic carboxylic acids is 2. The van der Waals surface area contributed by atoms with Crippen LogP contribution in [0.15, 0.2) is 41.9 Å². The largest absolute Gasteiger partial charge is 0.475 e. The van der Waals surface area contributed by atoms with Crippen molar-refractivity contribution in [3.05, 3.63) is 49.0 Å². The second kappa shape index (κ2) is 26.0. The lowest BCUT2D eigenvalue weighted by Gasteiger charge is -1.98. The van der Waals surface area contributed by atoms with Gasteiger partial charge in [0.1, 0.15) is 0 Å². The van der Waals surface area contributed by atoms with Gasteiger partial charge in [0.25, 0.3) is 0 Å². The molecule has 5 heteroatoms. The molecule has 0 spiro atoms. The van der Waals surface area contributed by atoms with Crippen LogP contribution in [0.2, 0.25) is 0 Å². The lowest BCUT2D eigenvalue weighted by molar-refractivity contribution is 0.0631. The minimum absolute atomic E-state index is 0.373. The summed E-state index contributed by atoms with van der Waals surface area (Å²) in [6, 6.07) is 2.18. The average Bonchev–Trinajstić information content (AvgIpc) is 3.30. The molecule has 33 heavy (non-hydrogen) atoms. The summed E-state index contributed by atoms with van der Waals surface area (Å²) in [5.74, 6) is -3.31. The Morgan fingerprint density at radius 3 is 1.21 bits per heavy atom. The lowest BCUT2D eigenvalue weighted by atomic mass is 10.1. The van der Waals surface area contributed by atoms with E-state index in [2.05, 4.69) is 31.4 Å². The van der Waals surface area contributed by atoms with Gasteiger partial charge in [-0.2, -0.15) is 0 Å². The molecule has 0 bridgehead atoms. The second-order valence-electron chi connectivity index (χ2n) is 8.17. The molecule has 1 aromatic rings. The first-order chi connectivity index (χ1) is 15.9. The summed E-state index contributed by atoms with van der Waals surface area (Å²) in [5.41, 5.74) is 0. The molecule has 1 heterocycles. The van der Waals surface area contributed by atoms with Crippen molar-refractivity contribution in [1.29, 1.82) is 0 Å². The van der Waals surface area contributed by atoms with E-state index in [1.54, 1.807) is 0 Å². The van der Waals surface area contributed by atoms with E-state index in [0.717, 1.165) is 12.1 Å². The summed E-state index contributed by atoms with van der Waals surface area (Å²) in [5, 5.41) is 16.6. The van der Waals surface area contributed by atoms with E-state index in [1.165, 1.54) is 103 Å². The smallest absolute Gasteiger partial charge is 0.371 e. The Hall–Kier alpha value is -2.30. The molecule has 0 aliphatic heterocycles. The number of carboxylic acid groups (broad SMARTS) is 2. The van der Waals surface area contributed by atoms with Crippen LogP contribution >= 0.6 is 0 Å². The molecule has 0 saturated heterocycles. The highest BCUT2D eigenvalue weighted by Crippen LogP contribution is 2.09. The fraction of sp³-hybridized carbons (Fsp3) is 0.643. The Balaban J connectivity index is 0. The normalized spacial score (nSPS) is 9.76. The molecule has 0 amide bonds. The maximum absolute atomic E-state index is 10.2. The van der Waals surface area contributed by atoms with Gasteiger partial charge >= 0.3 is 11.9 Å². The van der Waals surface area contributed by atoms with Gasteiger partial charge in [-0.15, -0.1) is 13.2 Å². The Labute approximate surface area is 202 Å². The van der Waals surface area contributed by atoms with Crippen LogP contribution in [0.1, 0.15) is 138 Å². The molecular formula is C28H48O5. The molecule has 0 unspecified atom stereocenters. The van der Waals surface area contributed by atoms with Crippen LogP contribution in [0.5, 0.6) is 0 Å². The number of hydrogen-bond acceptors (Lipinski definition) is 3. The van der Waals surface area contributed by atoms with E-state index in [9.17, 15) is 9.59 Å². The van der Waals surface area contributed by atoms with Crippen molar-refractivity contribution in [2.45, 2.75) is 117 Å². The quantitative estimate of drug-likeness (QED) is 0.167. The highest BCUT2D eigenvalue weighted by Gasteiger charge is 2.12. The Kier molecular flexibility index (Phi) is 25.9. The van der Waals surface area contributed by atoms with E-state index < -0.39 is 11.9 Å². The molecule has 1 aromatic heterocycles. The third kappa shape index (κ3) is 24.2. The standard InChI is InChI=1S/2C11H22.C6H4O5/c2*1-3-5-7-9-11-10-8-6-4-2;7-5(8)3-1-2-4(11-3)6(9)10/h2*3H,1,4-11H2,2H3;1-2H,(H,7,8)(H,9,10). The maximum atomic E-state index is 10.2. The van der Waals surface area contributed by atoms with Gasteiger partial charge in [0.2, 0.25) is 11.5 Å². The Bertz CT molecular complexity index is 553. The number of carbonyl (C=O) groups is 2. The SMILES string of the molecule is C=CCCCCCCCCC.C=CCCCCCCCCC.O=C(O)c1ccc(C(=O)O)o1. The third-order valence-electron chi connectivity index (χ3n) is 5.05. The lowest BCUT2D eigenvalue weighted by Crippen LogP contribution is -1.94. The molecule has 0 radical (unpaired) electrons. The zero-order chi connectivity index (χ0) is 25.2. The molecule has 5 nitrogen and oxygen atoms in total. The number of unbranched alkanes of at least 4 members (excludes halogenated alkanes) is 14. The van der Waals surface area contributed by atoms with Crippen LogP contribution in [0.25, 0.3) is 0 Å². The van der Waals surface area contributed by atoms with Crippen molar-refractivity contribution in [2.75, 3.05) is 0 Å².